The fourth-order valence-corrected chi connectivity index (χ4v) is 2.34. The summed E-state index contributed by atoms with van der Waals surface area (Å²) in [5.74, 6) is 0.0322. The number of hydrogen-bond donors (Lipinski definition) is 1. The van der Waals surface area contributed by atoms with E-state index in [0.717, 1.165) is 32.1 Å². The number of hydrogen-bond acceptors (Lipinski definition) is 5. The molecule has 7 nitrogen and oxygen atoms in total. The van der Waals surface area contributed by atoms with Crippen LogP contribution in [0.2, 0.25) is 0 Å². The Morgan fingerprint density at radius 3 is 2.83 bits per heavy atom. The van der Waals surface area contributed by atoms with Crippen molar-refractivity contribution >= 4 is 5.91 Å². The summed E-state index contributed by atoms with van der Waals surface area (Å²) >= 11 is 0. The summed E-state index contributed by atoms with van der Waals surface area (Å²) in [7, 11) is 0. The summed E-state index contributed by atoms with van der Waals surface area (Å²) in [5.41, 5.74) is 4.86. The predicted octanol–water partition coefficient (Wildman–Crippen LogP) is 0.185. The van der Waals surface area contributed by atoms with Gasteiger partial charge in [0.05, 0.1) is 11.5 Å². The fraction of sp³-hybridized carbons (Fsp3) is 0.636. The van der Waals surface area contributed by atoms with Crippen molar-refractivity contribution in [1.82, 2.24) is 20.2 Å². The van der Waals surface area contributed by atoms with Gasteiger partial charge in [0.15, 0.2) is 5.82 Å². The molecule has 1 heterocycles. The average Bonchev–Trinajstić information content (AvgIpc) is 2.78. The largest absolute Gasteiger partial charge is 0.369 e. The Balaban J connectivity index is 2.13. The molecule has 0 aliphatic heterocycles. The highest BCUT2D eigenvalue weighted by atomic mass is 16.1. The zero-order chi connectivity index (χ0) is 13.0. The lowest BCUT2D eigenvalue weighted by Crippen LogP contribution is -2.39. The van der Waals surface area contributed by atoms with Crippen LogP contribution in [-0.2, 0) is 11.3 Å². The highest BCUT2D eigenvalue weighted by Gasteiger charge is 2.39. The van der Waals surface area contributed by atoms with Gasteiger partial charge in [-0.15, -0.1) is 15.0 Å². The number of nitrogens with zero attached hydrogens (tertiary/aromatic N) is 5. The van der Waals surface area contributed by atoms with Crippen LogP contribution in [0.4, 0.5) is 0 Å². The van der Waals surface area contributed by atoms with Crippen LogP contribution in [0.1, 0.15) is 37.9 Å². The molecule has 1 aliphatic carbocycles. The van der Waals surface area contributed by atoms with E-state index in [-0.39, 0.29) is 12.5 Å². The summed E-state index contributed by atoms with van der Waals surface area (Å²) in [6.07, 6.45) is 6.24. The molecule has 2 N–H and O–H groups in total. The first-order valence-corrected chi connectivity index (χ1v) is 5.97. The maximum Gasteiger partial charge on any atom is 0.224 e. The van der Waals surface area contributed by atoms with Crippen molar-refractivity contribution in [2.75, 3.05) is 0 Å². The van der Waals surface area contributed by atoms with E-state index in [1.807, 2.05) is 6.07 Å². The number of nitrogens with two attached hydrogens (primary N) is 1. The molecule has 0 spiro atoms. The molecule has 0 unspecified atom stereocenters. The van der Waals surface area contributed by atoms with Gasteiger partial charge in [-0.2, -0.15) is 5.26 Å². The van der Waals surface area contributed by atoms with Crippen LogP contribution in [0.25, 0.3) is 0 Å². The number of carbonyl (C=O) groups is 1. The van der Waals surface area contributed by atoms with Gasteiger partial charge in [-0.05, 0) is 18.1 Å². The van der Waals surface area contributed by atoms with Crippen molar-refractivity contribution in [2.24, 2.45) is 11.1 Å². The molecule has 1 aromatic rings. The van der Waals surface area contributed by atoms with E-state index in [0.29, 0.717) is 5.82 Å². The van der Waals surface area contributed by atoms with Crippen LogP contribution in [0, 0.1) is 23.2 Å². The van der Waals surface area contributed by atoms with Gasteiger partial charge in [-0.3, -0.25) is 4.79 Å². The van der Waals surface area contributed by atoms with Gasteiger partial charge in [-0.25, -0.2) is 0 Å². The van der Waals surface area contributed by atoms with Crippen LogP contribution >= 0.6 is 0 Å². The second-order valence-electron chi connectivity index (χ2n) is 4.56. The van der Waals surface area contributed by atoms with E-state index in [1.54, 1.807) is 6.42 Å². The molecule has 0 bridgehead atoms. The Bertz CT molecular complexity index is 468. The Morgan fingerprint density at radius 1 is 1.50 bits per heavy atom. The Kier molecular flexibility index (Phi) is 3.55. The third-order valence-corrected chi connectivity index (χ3v) is 3.32. The molecule has 18 heavy (non-hydrogen) atoms. The van der Waals surface area contributed by atoms with Gasteiger partial charge in [0, 0.05) is 6.42 Å². The van der Waals surface area contributed by atoms with E-state index >= 15 is 0 Å². The fourth-order valence-electron chi connectivity index (χ4n) is 2.34. The SMILES string of the molecule is N#CCn1nnc([CH]C2(C(N)=O)CCCCC2)n1. The number of tetrazole rings is 1. The topological polar surface area (TPSA) is 110 Å². The van der Waals surface area contributed by atoms with Gasteiger partial charge in [0.25, 0.3) is 0 Å². The van der Waals surface area contributed by atoms with Crippen molar-refractivity contribution in [2.45, 2.75) is 38.6 Å². The van der Waals surface area contributed by atoms with Crippen molar-refractivity contribution in [3.63, 3.8) is 0 Å². The molecule has 7 heteroatoms. The smallest absolute Gasteiger partial charge is 0.224 e. The third-order valence-electron chi connectivity index (χ3n) is 3.32. The van der Waals surface area contributed by atoms with Crippen molar-refractivity contribution in [1.29, 1.82) is 5.26 Å². The van der Waals surface area contributed by atoms with E-state index in [4.69, 9.17) is 11.0 Å². The molecular weight excluding hydrogens is 232 g/mol. The van der Waals surface area contributed by atoms with Crippen LogP contribution in [-0.4, -0.2) is 26.1 Å². The normalized spacial score (nSPS) is 18.2. The van der Waals surface area contributed by atoms with E-state index in [9.17, 15) is 4.79 Å². The van der Waals surface area contributed by atoms with Crippen LogP contribution in [0.15, 0.2) is 0 Å². The molecule has 1 saturated carbocycles. The minimum atomic E-state index is -0.654. The Hall–Kier alpha value is -1.97. The summed E-state index contributed by atoms with van der Waals surface area (Å²) < 4.78 is 0. The molecule has 95 valence electrons. The lowest BCUT2D eigenvalue weighted by molar-refractivity contribution is -0.127. The number of rotatable bonds is 4. The van der Waals surface area contributed by atoms with Crippen LogP contribution in [0.3, 0.4) is 0 Å². The zero-order valence-electron chi connectivity index (χ0n) is 10.0. The minimum Gasteiger partial charge on any atom is -0.369 e. The quantitative estimate of drug-likeness (QED) is 0.816. The molecule has 0 saturated heterocycles. The molecule has 1 amide bonds. The second-order valence-corrected chi connectivity index (χ2v) is 4.56. The molecule has 1 radical (unpaired) electrons. The predicted molar refractivity (Wildman–Crippen MR) is 61.5 cm³/mol. The van der Waals surface area contributed by atoms with Crippen molar-refractivity contribution < 1.29 is 4.79 Å². The summed E-state index contributed by atoms with van der Waals surface area (Å²) in [6.45, 7) is 0.0460. The zero-order valence-corrected chi connectivity index (χ0v) is 10.0. The van der Waals surface area contributed by atoms with Crippen LogP contribution < -0.4 is 5.73 Å². The summed E-state index contributed by atoms with van der Waals surface area (Å²) in [4.78, 5) is 12.9. The first-order valence-electron chi connectivity index (χ1n) is 5.97. The first kappa shape index (κ1) is 12.5. The van der Waals surface area contributed by atoms with Gasteiger partial charge < -0.3 is 5.73 Å². The lowest BCUT2D eigenvalue weighted by Gasteiger charge is -2.32. The number of nitriles is 1. The number of primary amides is 1. The summed E-state index contributed by atoms with van der Waals surface area (Å²) in [6, 6.07) is 1.93. The molecule has 0 atom stereocenters. The highest BCUT2D eigenvalue weighted by Crippen LogP contribution is 2.39. The monoisotopic (exact) mass is 247 g/mol. The van der Waals surface area contributed by atoms with Gasteiger partial charge >= 0.3 is 0 Å². The van der Waals surface area contributed by atoms with Crippen LogP contribution in [0.5, 0.6) is 0 Å². The maximum absolute atomic E-state index is 11.7. The molecule has 1 fully saturated rings. The standard InChI is InChI=1S/C11H15N6O/c12-6-7-17-15-9(14-16-17)8-11(10(13)18)4-2-1-3-5-11/h8H,1-5,7H2,(H2,13,18). The van der Waals surface area contributed by atoms with Gasteiger partial charge in [0.1, 0.15) is 6.54 Å². The van der Waals surface area contributed by atoms with E-state index < -0.39 is 5.41 Å². The Morgan fingerprint density at radius 2 is 2.22 bits per heavy atom. The Labute approximate surface area is 105 Å². The van der Waals surface area contributed by atoms with Crippen molar-refractivity contribution in [3.05, 3.63) is 12.2 Å². The minimum absolute atomic E-state index is 0.0460. The maximum atomic E-state index is 11.7. The molecular formula is C11H15N6O. The highest BCUT2D eigenvalue weighted by molar-refractivity contribution is 5.83. The van der Waals surface area contributed by atoms with Gasteiger partial charge in [0.2, 0.25) is 5.91 Å². The average molecular weight is 247 g/mol. The van der Waals surface area contributed by atoms with E-state index in [2.05, 4.69) is 15.4 Å². The third kappa shape index (κ3) is 2.47. The second kappa shape index (κ2) is 5.12. The van der Waals surface area contributed by atoms with Crippen molar-refractivity contribution in [3.8, 4) is 6.07 Å². The lowest BCUT2D eigenvalue weighted by atomic mass is 9.71. The number of carbonyl (C=O) groups excluding carboxylic acids is 1. The first-order chi connectivity index (χ1) is 8.66. The molecule has 1 aliphatic rings. The molecule has 1 aromatic heterocycles. The molecule has 2 rings (SSSR count). The number of amides is 1. The van der Waals surface area contributed by atoms with E-state index in [1.165, 1.54) is 4.80 Å². The summed E-state index contributed by atoms with van der Waals surface area (Å²) in [5, 5.41) is 20.1. The van der Waals surface area contributed by atoms with Gasteiger partial charge in [-0.1, -0.05) is 19.3 Å². The number of aromatic nitrogens is 4. The molecule has 0 aromatic carbocycles.